The molecule has 0 aliphatic rings. The number of carbonyl (C=O) groups excluding carboxylic acids is 1. The molecule has 0 aliphatic heterocycles. The van der Waals surface area contributed by atoms with Gasteiger partial charge in [-0.05, 0) is 36.4 Å². The van der Waals surface area contributed by atoms with Crippen LogP contribution in [-0.4, -0.2) is 21.5 Å². The van der Waals surface area contributed by atoms with E-state index < -0.39 is 54.7 Å². The smallest absolute Gasteiger partial charge is 0.417 e. The number of rotatable bonds is 4. The van der Waals surface area contributed by atoms with E-state index in [1.165, 1.54) is 0 Å². The highest BCUT2D eigenvalue weighted by Gasteiger charge is 2.34. The van der Waals surface area contributed by atoms with Gasteiger partial charge in [0.2, 0.25) is 0 Å². The Kier molecular flexibility index (Phi) is 5.47. The van der Waals surface area contributed by atoms with Crippen LogP contribution in [0, 0.1) is 5.82 Å². The third-order valence-electron chi connectivity index (χ3n) is 3.16. The fraction of sp³-hybridized carbons (Fsp3) is 0.133. The summed E-state index contributed by atoms with van der Waals surface area (Å²) < 4.78 is 83.3. The number of methoxy groups -OCH3 is 1. The zero-order valence-electron chi connectivity index (χ0n) is 12.9. The van der Waals surface area contributed by atoms with Crippen molar-refractivity contribution in [2.75, 3.05) is 11.8 Å². The molecule has 0 unspecified atom stereocenters. The molecule has 0 aromatic heterocycles. The fourth-order valence-corrected chi connectivity index (χ4v) is 3.49. The van der Waals surface area contributed by atoms with E-state index in [-0.39, 0.29) is 0 Å². The summed E-state index contributed by atoms with van der Waals surface area (Å²) in [6.07, 6.45) is -4.81. The first-order chi connectivity index (χ1) is 12.0. The topological polar surface area (TPSA) is 72.5 Å². The van der Waals surface area contributed by atoms with Crippen molar-refractivity contribution in [1.29, 1.82) is 0 Å². The van der Waals surface area contributed by atoms with Crippen LogP contribution in [0.4, 0.5) is 23.2 Å². The number of sulfonamides is 1. The maximum Gasteiger partial charge on any atom is 0.417 e. The lowest BCUT2D eigenvalue weighted by Crippen LogP contribution is -2.18. The standard InChI is InChI=1S/C15H10ClF4NO4S/c1-25-14(22)10-4-2-8(17)6-13(10)26(23,24)21-9-3-5-12(16)11(7-9)15(18,19)20/h2-7,21H,1H3. The van der Waals surface area contributed by atoms with Gasteiger partial charge in [-0.1, -0.05) is 11.6 Å². The molecular weight excluding hydrogens is 402 g/mol. The van der Waals surface area contributed by atoms with Crippen molar-refractivity contribution in [3.8, 4) is 0 Å². The first-order valence-corrected chi connectivity index (χ1v) is 8.59. The minimum Gasteiger partial charge on any atom is -0.465 e. The summed E-state index contributed by atoms with van der Waals surface area (Å²) in [7, 11) is -3.61. The number of halogens is 5. The maximum absolute atomic E-state index is 13.4. The summed E-state index contributed by atoms with van der Waals surface area (Å²) in [6, 6.07) is 4.61. The lowest BCUT2D eigenvalue weighted by molar-refractivity contribution is -0.137. The van der Waals surface area contributed by atoms with E-state index in [2.05, 4.69) is 4.74 Å². The molecule has 0 heterocycles. The molecule has 26 heavy (non-hydrogen) atoms. The first-order valence-electron chi connectivity index (χ1n) is 6.73. The van der Waals surface area contributed by atoms with Crippen molar-refractivity contribution >= 4 is 33.3 Å². The van der Waals surface area contributed by atoms with E-state index in [1.54, 1.807) is 0 Å². The summed E-state index contributed by atoms with van der Waals surface area (Å²) in [6.45, 7) is 0. The maximum atomic E-state index is 13.4. The molecule has 1 N–H and O–H groups in total. The van der Waals surface area contributed by atoms with Gasteiger partial charge in [0.05, 0.1) is 23.3 Å². The molecule has 0 saturated carbocycles. The summed E-state index contributed by atoms with van der Waals surface area (Å²) in [4.78, 5) is 10.9. The Bertz CT molecular complexity index is 961. The Morgan fingerprint density at radius 3 is 2.38 bits per heavy atom. The number of hydrogen-bond acceptors (Lipinski definition) is 4. The van der Waals surface area contributed by atoms with Crippen molar-refractivity contribution in [3.05, 3.63) is 58.4 Å². The van der Waals surface area contributed by atoms with E-state index in [9.17, 15) is 30.8 Å². The molecule has 5 nitrogen and oxygen atoms in total. The zero-order chi connectivity index (χ0) is 19.7. The predicted molar refractivity (Wildman–Crippen MR) is 85.0 cm³/mol. The lowest BCUT2D eigenvalue weighted by atomic mass is 10.2. The molecule has 2 rings (SSSR count). The van der Waals surface area contributed by atoms with Crippen LogP contribution in [0.3, 0.4) is 0 Å². The van der Waals surface area contributed by atoms with E-state index in [0.29, 0.717) is 12.1 Å². The van der Waals surface area contributed by atoms with Gasteiger partial charge in [0.1, 0.15) is 10.7 Å². The van der Waals surface area contributed by atoms with Crippen LogP contribution in [-0.2, 0) is 20.9 Å². The second-order valence-electron chi connectivity index (χ2n) is 4.93. The van der Waals surface area contributed by atoms with Crippen LogP contribution < -0.4 is 4.72 Å². The van der Waals surface area contributed by atoms with Crippen LogP contribution in [0.1, 0.15) is 15.9 Å². The highest BCUT2D eigenvalue weighted by Crippen LogP contribution is 2.36. The fourth-order valence-electron chi connectivity index (χ4n) is 2.01. The summed E-state index contributed by atoms with van der Waals surface area (Å²) in [5.74, 6) is -2.03. The van der Waals surface area contributed by atoms with Gasteiger partial charge in [-0.15, -0.1) is 0 Å². The number of carbonyl (C=O) groups is 1. The molecule has 0 bridgehead atoms. The molecule has 0 spiro atoms. The van der Waals surface area contributed by atoms with Crippen molar-refractivity contribution in [2.24, 2.45) is 0 Å². The third-order valence-corrected chi connectivity index (χ3v) is 4.91. The zero-order valence-corrected chi connectivity index (χ0v) is 14.5. The van der Waals surface area contributed by atoms with Gasteiger partial charge < -0.3 is 4.74 Å². The third kappa shape index (κ3) is 4.25. The highest BCUT2D eigenvalue weighted by molar-refractivity contribution is 7.92. The number of benzene rings is 2. The molecule has 0 radical (unpaired) electrons. The van der Waals surface area contributed by atoms with Crippen LogP contribution >= 0.6 is 11.6 Å². The number of nitrogens with one attached hydrogen (secondary N) is 1. The molecular formula is C15H10ClF4NO4S. The number of hydrogen-bond donors (Lipinski definition) is 1. The number of esters is 1. The monoisotopic (exact) mass is 411 g/mol. The Labute approximate surface area is 150 Å². The average Bonchev–Trinajstić information content (AvgIpc) is 2.54. The van der Waals surface area contributed by atoms with Crippen LogP contribution in [0.2, 0.25) is 5.02 Å². The van der Waals surface area contributed by atoms with Gasteiger partial charge in [-0.3, -0.25) is 4.72 Å². The molecule has 0 atom stereocenters. The second-order valence-corrected chi connectivity index (χ2v) is 6.99. The van der Waals surface area contributed by atoms with Gasteiger partial charge in [-0.2, -0.15) is 13.2 Å². The first kappa shape index (κ1) is 20.0. The number of anilines is 1. The Morgan fingerprint density at radius 1 is 1.15 bits per heavy atom. The van der Waals surface area contributed by atoms with Crippen molar-refractivity contribution in [3.63, 3.8) is 0 Å². The normalized spacial score (nSPS) is 11.9. The minimum atomic E-state index is -4.81. The molecule has 140 valence electrons. The van der Waals surface area contributed by atoms with Crippen LogP contribution in [0.5, 0.6) is 0 Å². The molecule has 0 amide bonds. The molecule has 0 aliphatic carbocycles. The Morgan fingerprint density at radius 2 is 1.81 bits per heavy atom. The molecule has 2 aromatic rings. The Balaban J connectivity index is 2.51. The largest absolute Gasteiger partial charge is 0.465 e. The summed E-state index contributed by atoms with van der Waals surface area (Å²) >= 11 is 5.47. The highest BCUT2D eigenvalue weighted by atomic mass is 35.5. The van der Waals surface area contributed by atoms with Crippen LogP contribution in [0.25, 0.3) is 0 Å². The lowest BCUT2D eigenvalue weighted by Gasteiger charge is -2.14. The van der Waals surface area contributed by atoms with Gasteiger partial charge in [0.15, 0.2) is 0 Å². The summed E-state index contributed by atoms with van der Waals surface area (Å²) in [5.41, 5.74) is -2.21. The number of ether oxygens (including phenoxy) is 1. The Hall–Kier alpha value is -2.33. The minimum absolute atomic E-state index is 0.471. The summed E-state index contributed by atoms with van der Waals surface area (Å²) in [5, 5.41) is -0.624. The average molecular weight is 412 g/mol. The van der Waals surface area contributed by atoms with E-state index in [4.69, 9.17) is 11.6 Å². The number of alkyl halides is 3. The van der Waals surface area contributed by atoms with Gasteiger partial charge >= 0.3 is 12.1 Å². The van der Waals surface area contributed by atoms with Crippen LogP contribution in [0.15, 0.2) is 41.3 Å². The molecule has 0 saturated heterocycles. The van der Waals surface area contributed by atoms with E-state index >= 15 is 0 Å². The van der Waals surface area contributed by atoms with Crippen molar-refractivity contribution < 1.29 is 35.5 Å². The SMILES string of the molecule is COC(=O)c1ccc(F)cc1S(=O)(=O)Nc1ccc(Cl)c(C(F)(F)F)c1. The molecule has 2 aromatic carbocycles. The van der Waals surface area contributed by atoms with Crippen molar-refractivity contribution in [1.82, 2.24) is 0 Å². The predicted octanol–water partition coefficient (Wildman–Crippen LogP) is 4.09. The second kappa shape index (κ2) is 7.12. The van der Waals surface area contributed by atoms with Gasteiger partial charge in [-0.25, -0.2) is 17.6 Å². The molecule has 11 heteroatoms. The quantitative estimate of drug-likeness (QED) is 0.607. The van der Waals surface area contributed by atoms with Gasteiger partial charge in [0, 0.05) is 5.69 Å². The molecule has 0 fully saturated rings. The van der Waals surface area contributed by atoms with Gasteiger partial charge in [0.25, 0.3) is 10.0 Å². The van der Waals surface area contributed by atoms with Crippen molar-refractivity contribution in [2.45, 2.75) is 11.1 Å². The van der Waals surface area contributed by atoms with E-state index in [1.807, 2.05) is 4.72 Å². The van der Waals surface area contributed by atoms with E-state index in [0.717, 1.165) is 31.4 Å².